The predicted molar refractivity (Wildman–Crippen MR) is 99.0 cm³/mol. The number of ether oxygens (including phenoxy) is 1. The Balaban J connectivity index is 1.32. The fraction of sp³-hybridized carbons (Fsp3) is 0.381. The number of pyridine rings is 1. The number of aryl methyl sites for hydroxylation is 1. The van der Waals surface area contributed by atoms with Crippen molar-refractivity contribution in [2.75, 3.05) is 13.2 Å². The Kier molecular flexibility index (Phi) is 4.70. The number of rotatable bonds is 8. The van der Waals surface area contributed by atoms with E-state index < -0.39 is 0 Å². The number of aromatic nitrogens is 1. The molecule has 0 spiro atoms. The number of hydrogen-bond donors (Lipinski definition) is 1. The molecular formula is C21H24N2O2. The summed E-state index contributed by atoms with van der Waals surface area (Å²) >= 11 is 0. The Morgan fingerprint density at radius 2 is 2.16 bits per heavy atom. The molecule has 1 aliphatic rings. The molecule has 0 unspecified atom stereocenters. The smallest absolute Gasteiger partial charge is 0.138 e. The average molecular weight is 336 g/mol. The molecule has 0 atom stereocenters. The maximum atomic E-state index is 6.09. The lowest BCUT2D eigenvalue weighted by molar-refractivity contribution is 0.311. The van der Waals surface area contributed by atoms with E-state index in [0.717, 1.165) is 36.6 Å². The van der Waals surface area contributed by atoms with Crippen molar-refractivity contribution in [3.8, 4) is 5.75 Å². The normalized spacial score (nSPS) is 14.1. The van der Waals surface area contributed by atoms with E-state index in [1.54, 1.807) is 6.20 Å². The largest absolute Gasteiger partial charge is 0.493 e. The van der Waals surface area contributed by atoms with Gasteiger partial charge in [-0.25, -0.2) is 0 Å². The van der Waals surface area contributed by atoms with Gasteiger partial charge >= 0.3 is 0 Å². The van der Waals surface area contributed by atoms with Crippen molar-refractivity contribution >= 4 is 11.0 Å². The highest BCUT2D eigenvalue weighted by molar-refractivity contribution is 5.89. The van der Waals surface area contributed by atoms with Gasteiger partial charge < -0.3 is 14.5 Å². The van der Waals surface area contributed by atoms with Crippen LogP contribution in [0.25, 0.3) is 11.0 Å². The highest BCUT2D eigenvalue weighted by Crippen LogP contribution is 2.48. The second-order valence-electron chi connectivity index (χ2n) is 6.72. The first kappa shape index (κ1) is 16.2. The topological polar surface area (TPSA) is 47.3 Å². The van der Waals surface area contributed by atoms with Gasteiger partial charge in [0.05, 0.1) is 12.0 Å². The van der Waals surface area contributed by atoms with Gasteiger partial charge in [-0.1, -0.05) is 12.1 Å². The molecule has 0 amide bonds. The molecule has 1 N–H and O–H groups in total. The number of benzene rings is 1. The summed E-state index contributed by atoms with van der Waals surface area (Å²) in [6.07, 6.45) is 7.19. The van der Waals surface area contributed by atoms with E-state index >= 15 is 0 Å². The van der Waals surface area contributed by atoms with Crippen LogP contribution in [-0.2, 0) is 6.54 Å². The fourth-order valence-corrected chi connectivity index (χ4v) is 3.36. The van der Waals surface area contributed by atoms with E-state index in [0.29, 0.717) is 12.5 Å². The Morgan fingerprint density at radius 1 is 1.24 bits per heavy atom. The number of nitrogens with zero attached hydrogens (tertiary/aromatic N) is 1. The van der Waals surface area contributed by atoms with E-state index in [4.69, 9.17) is 9.15 Å². The molecule has 1 aliphatic carbocycles. The van der Waals surface area contributed by atoms with Crippen molar-refractivity contribution in [2.45, 2.75) is 38.6 Å². The van der Waals surface area contributed by atoms with Crippen LogP contribution in [0.1, 0.15) is 42.1 Å². The van der Waals surface area contributed by atoms with Gasteiger partial charge in [-0.15, -0.1) is 0 Å². The first-order valence-corrected chi connectivity index (χ1v) is 9.07. The molecule has 3 aromatic rings. The molecule has 0 aliphatic heterocycles. The number of furan rings is 1. The SMILES string of the molecule is Cc1oc2cccc(OCCCNCc3cccnc3)c2c1C1CC1. The standard InChI is InChI=1S/C21H24N2O2/c1-15-20(17-8-9-17)21-18(6-2-7-19(21)25-15)24-12-4-11-23-14-16-5-3-10-22-13-16/h2-3,5-7,10,13,17,23H,4,8-9,11-12,14H2,1H3. The molecule has 0 radical (unpaired) electrons. The molecule has 130 valence electrons. The molecular weight excluding hydrogens is 312 g/mol. The number of hydrogen-bond acceptors (Lipinski definition) is 4. The van der Waals surface area contributed by atoms with Gasteiger partial charge in [0.15, 0.2) is 0 Å². The summed E-state index contributed by atoms with van der Waals surface area (Å²) in [5, 5.41) is 4.62. The van der Waals surface area contributed by atoms with Crippen LogP contribution in [0, 0.1) is 6.92 Å². The Bertz CT molecular complexity index is 838. The zero-order chi connectivity index (χ0) is 17.1. The summed E-state index contributed by atoms with van der Waals surface area (Å²) in [6.45, 7) is 4.54. The van der Waals surface area contributed by atoms with Gasteiger partial charge in [0.1, 0.15) is 17.1 Å². The lowest BCUT2D eigenvalue weighted by Crippen LogP contribution is -2.17. The molecule has 1 saturated carbocycles. The van der Waals surface area contributed by atoms with Crippen molar-refractivity contribution in [1.82, 2.24) is 10.3 Å². The first-order valence-electron chi connectivity index (χ1n) is 9.07. The predicted octanol–water partition coefficient (Wildman–Crippen LogP) is 4.57. The Labute approximate surface area is 148 Å². The second-order valence-corrected chi connectivity index (χ2v) is 6.72. The third-order valence-corrected chi connectivity index (χ3v) is 4.69. The van der Waals surface area contributed by atoms with E-state index in [1.165, 1.54) is 29.4 Å². The highest BCUT2D eigenvalue weighted by atomic mass is 16.5. The average Bonchev–Trinajstić information content (AvgIpc) is 3.40. The van der Waals surface area contributed by atoms with Gasteiger partial charge in [-0.3, -0.25) is 4.98 Å². The van der Waals surface area contributed by atoms with Crippen LogP contribution in [0.2, 0.25) is 0 Å². The summed E-state index contributed by atoms with van der Waals surface area (Å²) in [6, 6.07) is 10.2. The molecule has 4 nitrogen and oxygen atoms in total. The Morgan fingerprint density at radius 3 is 2.96 bits per heavy atom. The van der Waals surface area contributed by atoms with Gasteiger partial charge in [-0.05, 0) is 62.4 Å². The van der Waals surface area contributed by atoms with Gasteiger partial charge in [0, 0.05) is 24.5 Å². The maximum absolute atomic E-state index is 6.09. The van der Waals surface area contributed by atoms with Crippen LogP contribution in [-0.4, -0.2) is 18.1 Å². The number of fused-ring (bicyclic) bond motifs is 1. The van der Waals surface area contributed by atoms with Crippen LogP contribution in [0.5, 0.6) is 5.75 Å². The third kappa shape index (κ3) is 3.69. The third-order valence-electron chi connectivity index (χ3n) is 4.69. The van der Waals surface area contributed by atoms with Crippen LogP contribution in [0.15, 0.2) is 47.1 Å². The van der Waals surface area contributed by atoms with Crippen LogP contribution >= 0.6 is 0 Å². The molecule has 4 heteroatoms. The lowest BCUT2D eigenvalue weighted by atomic mass is 10.1. The Hall–Kier alpha value is -2.33. The lowest BCUT2D eigenvalue weighted by Gasteiger charge is -2.09. The van der Waals surface area contributed by atoms with E-state index in [-0.39, 0.29) is 0 Å². The maximum Gasteiger partial charge on any atom is 0.138 e. The minimum Gasteiger partial charge on any atom is -0.493 e. The minimum atomic E-state index is 0.659. The van der Waals surface area contributed by atoms with Crippen LogP contribution in [0.3, 0.4) is 0 Å². The summed E-state index contributed by atoms with van der Waals surface area (Å²) in [5.74, 6) is 2.67. The van der Waals surface area contributed by atoms with Crippen molar-refractivity contribution in [3.05, 3.63) is 59.6 Å². The number of nitrogens with one attached hydrogen (secondary N) is 1. The zero-order valence-electron chi connectivity index (χ0n) is 14.6. The molecule has 0 saturated heterocycles. The van der Waals surface area contributed by atoms with Crippen molar-refractivity contribution in [2.24, 2.45) is 0 Å². The molecule has 2 aromatic heterocycles. The summed E-state index contributed by atoms with van der Waals surface area (Å²) in [5.41, 5.74) is 3.52. The van der Waals surface area contributed by atoms with Crippen LogP contribution in [0.4, 0.5) is 0 Å². The first-order chi connectivity index (χ1) is 12.3. The molecule has 1 fully saturated rings. The minimum absolute atomic E-state index is 0.659. The summed E-state index contributed by atoms with van der Waals surface area (Å²) < 4.78 is 12.0. The van der Waals surface area contributed by atoms with E-state index in [2.05, 4.69) is 29.4 Å². The van der Waals surface area contributed by atoms with Crippen molar-refractivity contribution in [1.29, 1.82) is 0 Å². The van der Waals surface area contributed by atoms with Gasteiger partial charge in [0.2, 0.25) is 0 Å². The molecule has 0 bridgehead atoms. The highest BCUT2D eigenvalue weighted by Gasteiger charge is 2.30. The zero-order valence-corrected chi connectivity index (χ0v) is 14.6. The van der Waals surface area contributed by atoms with Gasteiger partial charge in [0.25, 0.3) is 0 Å². The fourth-order valence-electron chi connectivity index (χ4n) is 3.36. The summed E-state index contributed by atoms with van der Waals surface area (Å²) in [7, 11) is 0. The molecule has 1 aromatic carbocycles. The van der Waals surface area contributed by atoms with Crippen molar-refractivity contribution in [3.63, 3.8) is 0 Å². The van der Waals surface area contributed by atoms with E-state index in [9.17, 15) is 0 Å². The van der Waals surface area contributed by atoms with E-state index in [1.807, 2.05) is 24.4 Å². The molecule has 4 rings (SSSR count). The van der Waals surface area contributed by atoms with Crippen molar-refractivity contribution < 1.29 is 9.15 Å². The van der Waals surface area contributed by atoms with Crippen LogP contribution < -0.4 is 10.1 Å². The molecule has 25 heavy (non-hydrogen) atoms. The quantitative estimate of drug-likeness (QED) is 0.612. The monoisotopic (exact) mass is 336 g/mol. The van der Waals surface area contributed by atoms with Gasteiger partial charge in [-0.2, -0.15) is 0 Å². The summed E-state index contributed by atoms with van der Waals surface area (Å²) in [4.78, 5) is 4.12. The second kappa shape index (κ2) is 7.28. The molecule has 2 heterocycles.